The molecule has 0 saturated carbocycles. The first-order chi connectivity index (χ1) is 11.7. The third-order valence-corrected chi connectivity index (χ3v) is 3.82. The molecule has 0 aliphatic carbocycles. The van der Waals surface area contributed by atoms with Crippen molar-refractivity contribution in [3.63, 3.8) is 0 Å². The van der Waals surface area contributed by atoms with Gasteiger partial charge in [0, 0.05) is 18.2 Å². The molecule has 0 unspecified atom stereocenters. The van der Waals surface area contributed by atoms with Gasteiger partial charge in [-0.3, -0.25) is 0 Å². The summed E-state index contributed by atoms with van der Waals surface area (Å²) in [5.74, 6) is -0.343. The summed E-state index contributed by atoms with van der Waals surface area (Å²) < 4.78 is 51.7. The minimum Gasteiger partial charge on any atom is -0.395 e. The normalized spacial score (nSPS) is 13.3. The number of rotatable bonds is 6. The molecule has 0 fully saturated rings. The fourth-order valence-electron chi connectivity index (χ4n) is 2.21. The topological polar surface area (TPSA) is 58.0 Å². The van der Waals surface area contributed by atoms with Crippen molar-refractivity contribution in [2.75, 3.05) is 6.61 Å². The highest BCUT2D eigenvalue weighted by Gasteiger charge is 2.30. The smallest absolute Gasteiger partial charge is 0.395 e. The van der Waals surface area contributed by atoms with Crippen LogP contribution in [0, 0.1) is 11.7 Å². The Hall–Kier alpha value is -2.06. The van der Waals surface area contributed by atoms with Crippen LogP contribution in [0.25, 0.3) is 11.4 Å². The SMILES string of the molecule is CC(C)[C@H](CO)NCc1nc(-c2ccc(C(F)(F)F)cc2)ncc1F. The van der Waals surface area contributed by atoms with Crippen LogP contribution in [0.4, 0.5) is 17.6 Å². The van der Waals surface area contributed by atoms with Gasteiger partial charge in [0.15, 0.2) is 11.6 Å². The Morgan fingerprint density at radius 1 is 1.16 bits per heavy atom. The highest BCUT2D eigenvalue weighted by atomic mass is 19.4. The molecule has 2 N–H and O–H groups in total. The summed E-state index contributed by atoms with van der Waals surface area (Å²) in [7, 11) is 0. The highest BCUT2D eigenvalue weighted by Crippen LogP contribution is 2.30. The van der Waals surface area contributed by atoms with Gasteiger partial charge in [0.25, 0.3) is 0 Å². The number of benzene rings is 1. The van der Waals surface area contributed by atoms with E-state index in [-0.39, 0.29) is 36.6 Å². The first-order valence-electron chi connectivity index (χ1n) is 7.75. The van der Waals surface area contributed by atoms with Crippen molar-refractivity contribution in [3.05, 3.63) is 47.5 Å². The van der Waals surface area contributed by atoms with Crippen LogP contribution in [0.1, 0.15) is 25.1 Å². The molecule has 0 bridgehead atoms. The monoisotopic (exact) mass is 357 g/mol. The van der Waals surface area contributed by atoms with E-state index >= 15 is 0 Å². The molecule has 4 nitrogen and oxygen atoms in total. The summed E-state index contributed by atoms with van der Waals surface area (Å²) in [5.41, 5.74) is -0.330. The van der Waals surface area contributed by atoms with Gasteiger partial charge in [0.05, 0.1) is 24.1 Å². The molecule has 8 heteroatoms. The predicted molar refractivity (Wildman–Crippen MR) is 85.0 cm³/mol. The largest absolute Gasteiger partial charge is 0.416 e. The summed E-state index contributed by atoms with van der Waals surface area (Å²) in [6, 6.07) is 4.14. The quantitative estimate of drug-likeness (QED) is 0.778. The van der Waals surface area contributed by atoms with Crippen LogP contribution in [-0.4, -0.2) is 27.7 Å². The van der Waals surface area contributed by atoms with E-state index in [9.17, 15) is 22.7 Å². The molecule has 25 heavy (non-hydrogen) atoms. The second-order valence-corrected chi connectivity index (χ2v) is 5.98. The van der Waals surface area contributed by atoms with Crippen LogP contribution in [0.3, 0.4) is 0 Å². The molecule has 1 heterocycles. The lowest BCUT2D eigenvalue weighted by Gasteiger charge is -2.19. The Bertz CT molecular complexity index is 702. The Labute approximate surface area is 142 Å². The van der Waals surface area contributed by atoms with Gasteiger partial charge in [-0.1, -0.05) is 26.0 Å². The van der Waals surface area contributed by atoms with E-state index in [1.165, 1.54) is 12.1 Å². The molecule has 1 aromatic carbocycles. The lowest BCUT2D eigenvalue weighted by Crippen LogP contribution is -2.37. The van der Waals surface area contributed by atoms with Gasteiger partial charge in [-0.2, -0.15) is 13.2 Å². The number of hydrogen-bond acceptors (Lipinski definition) is 4. The third kappa shape index (κ3) is 4.96. The van der Waals surface area contributed by atoms with Crippen LogP contribution < -0.4 is 5.32 Å². The number of aliphatic hydroxyl groups is 1. The van der Waals surface area contributed by atoms with Crippen molar-refractivity contribution in [3.8, 4) is 11.4 Å². The molecule has 0 spiro atoms. The van der Waals surface area contributed by atoms with Gasteiger partial charge < -0.3 is 10.4 Å². The Kier molecular flexibility index (Phi) is 6.07. The maximum absolute atomic E-state index is 13.9. The number of alkyl halides is 3. The number of nitrogens with one attached hydrogen (secondary N) is 1. The van der Waals surface area contributed by atoms with E-state index in [1.54, 1.807) is 0 Å². The predicted octanol–water partition coefficient (Wildman–Crippen LogP) is 3.41. The van der Waals surface area contributed by atoms with Crippen LogP contribution >= 0.6 is 0 Å². The van der Waals surface area contributed by atoms with Gasteiger partial charge >= 0.3 is 6.18 Å². The van der Waals surface area contributed by atoms with Crippen molar-refractivity contribution in [1.82, 2.24) is 15.3 Å². The molecule has 1 aromatic heterocycles. The maximum atomic E-state index is 13.9. The Balaban J connectivity index is 2.20. The van der Waals surface area contributed by atoms with E-state index in [4.69, 9.17) is 0 Å². The zero-order chi connectivity index (χ0) is 18.6. The lowest BCUT2D eigenvalue weighted by atomic mass is 10.1. The fraction of sp³-hybridized carbons (Fsp3) is 0.412. The number of halogens is 4. The van der Waals surface area contributed by atoms with E-state index in [0.717, 1.165) is 18.3 Å². The summed E-state index contributed by atoms with van der Waals surface area (Å²) in [5, 5.41) is 12.3. The molecule has 0 aliphatic rings. The summed E-state index contributed by atoms with van der Waals surface area (Å²) in [4.78, 5) is 7.93. The van der Waals surface area contributed by atoms with Crippen molar-refractivity contribution in [1.29, 1.82) is 0 Å². The van der Waals surface area contributed by atoms with E-state index < -0.39 is 17.6 Å². The summed E-state index contributed by atoms with van der Waals surface area (Å²) >= 11 is 0. The van der Waals surface area contributed by atoms with Gasteiger partial charge in [-0.15, -0.1) is 0 Å². The fourth-order valence-corrected chi connectivity index (χ4v) is 2.21. The molecule has 2 aromatic rings. The van der Waals surface area contributed by atoms with Crippen LogP contribution in [0.15, 0.2) is 30.5 Å². The molecular weight excluding hydrogens is 338 g/mol. The molecular formula is C17H19F4N3O. The van der Waals surface area contributed by atoms with Crippen LogP contribution in [-0.2, 0) is 12.7 Å². The average Bonchev–Trinajstić information content (AvgIpc) is 2.56. The summed E-state index contributed by atoms with van der Waals surface area (Å²) in [6.45, 7) is 3.80. The minimum absolute atomic E-state index is 0.0748. The van der Waals surface area contributed by atoms with Gasteiger partial charge in [-0.05, 0) is 18.1 Å². The molecule has 136 valence electrons. The minimum atomic E-state index is -4.42. The number of hydrogen-bond donors (Lipinski definition) is 2. The molecule has 1 atom stereocenters. The van der Waals surface area contributed by atoms with Gasteiger partial charge in [0.2, 0.25) is 0 Å². The zero-order valence-corrected chi connectivity index (χ0v) is 13.8. The second kappa shape index (κ2) is 7.88. The number of aliphatic hydroxyl groups excluding tert-OH is 1. The third-order valence-electron chi connectivity index (χ3n) is 3.82. The zero-order valence-electron chi connectivity index (χ0n) is 13.8. The maximum Gasteiger partial charge on any atom is 0.416 e. The molecule has 0 radical (unpaired) electrons. The lowest BCUT2D eigenvalue weighted by molar-refractivity contribution is -0.137. The molecule has 0 amide bonds. The van der Waals surface area contributed by atoms with E-state index in [2.05, 4.69) is 15.3 Å². The highest BCUT2D eigenvalue weighted by molar-refractivity contribution is 5.55. The van der Waals surface area contributed by atoms with Gasteiger partial charge in [0.1, 0.15) is 0 Å². The summed E-state index contributed by atoms with van der Waals surface area (Å²) in [6.07, 6.45) is -3.44. The molecule has 0 aliphatic heterocycles. The Morgan fingerprint density at radius 2 is 1.80 bits per heavy atom. The first-order valence-corrected chi connectivity index (χ1v) is 7.75. The van der Waals surface area contributed by atoms with Gasteiger partial charge in [-0.25, -0.2) is 14.4 Å². The van der Waals surface area contributed by atoms with Crippen molar-refractivity contribution < 1.29 is 22.7 Å². The van der Waals surface area contributed by atoms with Crippen molar-refractivity contribution in [2.45, 2.75) is 32.6 Å². The number of aromatic nitrogens is 2. The first kappa shape index (κ1) is 19.3. The molecule has 2 rings (SSSR count). The number of nitrogens with zero attached hydrogens (tertiary/aromatic N) is 2. The standard InChI is InChI=1S/C17H19F4N3O/c1-10(2)15(9-25)22-8-14-13(18)7-23-16(24-14)11-3-5-12(6-4-11)17(19,20)21/h3-7,10,15,22,25H,8-9H2,1-2H3/t15-/m0/s1. The van der Waals surface area contributed by atoms with Crippen LogP contribution in [0.5, 0.6) is 0 Å². The second-order valence-electron chi connectivity index (χ2n) is 5.98. The van der Waals surface area contributed by atoms with E-state index in [1.807, 2.05) is 13.8 Å². The average molecular weight is 357 g/mol. The van der Waals surface area contributed by atoms with E-state index in [0.29, 0.717) is 5.56 Å². The molecule has 0 saturated heterocycles. The van der Waals surface area contributed by atoms with Crippen molar-refractivity contribution in [2.24, 2.45) is 5.92 Å². The Morgan fingerprint density at radius 3 is 2.32 bits per heavy atom. The van der Waals surface area contributed by atoms with Crippen molar-refractivity contribution >= 4 is 0 Å². The van der Waals surface area contributed by atoms with Crippen LogP contribution in [0.2, 0.25) is 0 Å².